The van der Waals surface area contributed by atoms with Gasteiger partial charge in [-0.05, 0) is 19.9 Å². The van der Waals surface area contributed by atoms with E-state index in [1.165, 1.54) is 13.2 Å². The summed E-state index contributed by atoms with van der Waals surface area (Å²) in [4.78, 5) is 0. The van der Waals surface area contributed by atoms with Crippen LogP contribution in [0, 0.1) is 0 Å². The SMILES string of the molecule is CCOP(=O)(OCC)C(COC)C1=C[C@@H](O)CO1. The molecule has 1 heterocycles. The van der Waals surface area contributed by atoms with E-state index in [-0.39, 0.29) is 26.4 Å². The molecular weight excluding hydrogens is 259 g/mol. The molecule has 0 aliphatic carbocycles. The van der Waals surface area contributed by atoms with Crippen molar-refractivity contribution in [2.75, 3.05) is 33.5 Å². The predicted octanol–water partition coefficient (Wildman–Crippen LogP) is 1.54. The quantitative estimate of drug-likeness (QED) is 0.680. The van der Waals surface area contributed by atoms with E-state index in [0.29, 0.717) is 5.76 Å². The number of hydrogen-bond acceptors (Lipinski definition) is 6. The molecule has 0 bridgehead atoms. The fourth-order valence-corrected chi connectivity index (χ4v) is 3.70. The van der Waals surface area contributed by atoms with Crippen LogP contribution in [0.1, 0.15) is 13.8 Å². The van der Waals surface area contributed by atoms with Crippen molar-refractivity contribution in [1.29, 1.82) is 0 Å². The van der Waals surface area contributed by atoms with Crippen LogP contribution in [0.3, 0.4) is 0 Å². The van der Waals surface area contributed by atoms with Gasteiger partial charge >= 0.3 is 7.60 Å². The van der Waals surface area contributed by atoms with Crippen molar-refractivity contribution in [2.24, 2.45) is 0 Å². The van der Waals surface area contributed by atoms with Crippen LogP contribution in [-0.4, -0.2) is 50.4 Å². The summed E-state index contributed by atoms with van der Waals surface area (Å²) >= 11 is 0. The van der Waals surface area contributed by atoms with E-state index in [2.05, 4.69) is 0 Å². The second kappa shape index (κ2) is 7.26. The molecule has 0 aromatic carbocycles. The topological polar surface area (TPSA) is 74.2 Å². The Morgan fingerprint density at radius 1 is 1.50 bits per heavy atom. The van der Waals surface area contributed by atoms with E-state index in [4.69, 9.17) is 18.5 Å². The van der Waals surface area contributed by atoms with E-state index < -0.39 is 19.4 Å². The lowest BCUT2D eigenvalue weighted by atomic mass is 10.3. The summed E-state index contributed by atoms with van der Waals surface area (Å²) < 4.78 is 33.6. The van der Waals surface area contributed by atoms with E-state index >= 15 is 0 Å². The van der Waals surface area contributed by atoms with E-state index in [9.17, 15) is 9.67 Å². The molecular formula is C11H21O6P. The van der Waals surface area contributed by atoms with Crippen molar-refractivity contribution in [3.05, 3.63) is 11.8 Å². The maximum Gasteiger partial charge on any atom is 0.343 e. The highest BCUT2D eigenvalue weighted by Gasteiger charge is 2.41. The Kier molecular flexibility index (Phi) is 6.32. The monoisotopic (exact) mass is 280 g/mol. The molecule has 7 heteroatoms. The summed E-state index contributed by atoms with van der Waals surface area (Å²) in [5.41, 5.74) is -0.639. The summed E-state index contributed by atoms with van der Waals surface area (Å²) in [7, 11) is -1.85. The van der Waals surface area contributed by atoms with Gasteiger partial charge in [0.2, 0.25) is 0 Å². The highest BCUT2D eigenvalue weighted by atomic mass is 31.2. The van der Waals surface area contributed by atoms with Crippen LogP contribution in [0.4, 0.5) is 0 Å². The molecule has 1 rings (SSSR count). The molecule has 2 atom stereocenters. The van der Waals surface area contributed by atoms with Crippen molar-refractivity contribution in [3.63, 3.8) is 0 Å². The molecule has 18 heavy (non-hydrogen) atoms. The Bertz CT molecular complexity index is 319. The van der Waals surface area contributed by atoms with Crippen LogP contribution in [0.25, 0.3) is 0 Å². The lowest BCUT2D eigenvalue weighted by molar-refractivity contribution is 0.115. The molecule has 0 fully saturated rings. The largest absolute Gasteiger partial charge is 0.494 e. The average molecular weight is 280 g/mol. The van der Waals surface area contributed by atoms with Gasteiger partial charge in [-0.15, -0.1) is 0 Å². The highest BCUT2D eigenvalue weighted by Crippen LogP contribution is 2.56. The molecule has 1 aliphatic rings. The fourth-order valence-electron chi connectivity index (χ4n) is 1.74. The highest BCUT2D eigenvalue weighted by molar-refractivity contribution is 7.55. The van der Waals surface area contributed by atoms with Crippen LogP contribution in [0.2, 0.25) is 0 Å². The average Bonchev–Trinajstić information content (AvgIpc) is 2.73. The van der Waals surface area contributed by atoms with Crippen LogP contribution in [0.5, 0.6) is 0 Å². The van der Waals surface area contributed by atoms with Gasteiger partial charge in [0.25, 0.3) is 0 Å². The first-order valence-corrected chi connectivity index (χ1v) is 7.58. The number of ether oxygens (including phenoxy) is 2. The third-order valence-corrected chi connectivity index (χ3v) is 4.83. The number of rotatable bonds is 8. The Balaban J connectivity index is 2.93. The summed E-state index contributed by atoms with van der Waals surface area (Å²) in [6.07, 6.45) is 0.838. The molecule has 0 radical (unpaired) electrons. The van der Waals surface area contributed by atoms with Gasteiger partial charge in [0.05, 0.1) is 19.8 Å². The van der Waals surface area contributed by atoms with Crippen molar-refractivity contribution >= 4 is 7.60 Å². The summed E-state index contributed by atoms with van der Waals surface area (Å²) in [5, 5.41) is 9.43. The van der Waals surface area contributed by atoms with Gasteiger partial charge in [-0.1, -0.05) is 0 Å². The standard InChI is InChI=1S/C11H21O6P/c1-4-16-18(13,17-5-2)11(8-14-3)10-6-9(12)7-15-10/h6,9,11-12H,4-5,7-8H2,1-3H3/t9-,11?/m1/s1. The van der Waals surface area contributed by atoms with Gasteiger partial charge in [0.1, 0.15) is 24.1 Å². The number of aliphatic hydroxyl groups is 1. The number of methoxy groups -OCH3 is 1. The van der Waals surface area contributed by atoms with E-state index in [0.717, 1.165) is 0 Å². The van der Waals surface area contributed by atoms with E-state index in [1.807, 2.05) is 0 Å². The minimum Gasteiger partial charge on any atom is -0.494 e. The van der Waals surface area contributed by atoms with Crippen molar-refractivity contribution in [3.8, 4) is 0 Å². The molecule has 0 spiro atoms. The molecule has 106 valence electrons. The first-order valence-electron chi connectivity index (χ1n) is 5.97. The van der Waals surface area contributed by atoms with Crippen LogP contribution < -0.4 is 0 Å². The Hall–Kier alpha value is -0.390. The molecule has 0 aromatic heterocycles. The van der Waals surface area contributed by atoms with Crippen molar-refractivity contribution in [2.45, 2.75) is 25.6 Å². The lowest BCUT2D eigenvalue weighted by Crippen LogP contribution is -2.21. The van der Waals surface area contributed by atoms with Gasteiger partial charge in [0, 0.05) is 7.11 Å². The molecule has 0 aromatic rings. The minimum atomic E-state index is -3.35. The van der Waals surface area contributed by atoms with Crippen LogP contribution >= 0.6 is 7.60 Å². The van der Waals surface area contributed by atoms with Crippen molar-refractivity contribution in [1.82, 2.24) is 0 Å². The van der Waals surface area contributed by atoms with Crippen LogP contribution in [-0.2, 0) is 23.1 Å². The maximum absolute atomic E-state index is 12.7. The summed E-state index contributed by atoms with van der Waals surface area (Å²) in [6.45, 7) is 4.34. The molecule has 6 nitrogen and oxygen atoms in total. The maximum atomic E-state index is 12.7. The van der Waals surface area contributed by atoms with Gasteiger partial charge in [-0.25, -0.2) is 0 Å². The van der Waals surface area contributed by atoms with Gasteiger partial charge < -0.3 is 23.6 Å². The summed E-state index contributed by atoms with van der Waals surface area (Å²) in [6, 6.07) is 0. The molecule has 0 amide bonds. The van der Waals surface area contributed by atoms with Gasteiger partial charge in [-0.2, -0.15) is 0 Å². The third kappa shape index (κ3) is 3.80. The molecule has 1 unspecified atom stereocenters. The minimum absolute atomic E-state index is 0.149. The first-order chi connectivity index (χ1) is 8.57. The third-order valence-electron chi connectivity index (χ3n) is 2.43. The Labute approximate surface area is 107 Å². The Morgan fingerprint density at radius 3 is 2.50 bits per heavy atom. The van der Waals surface area contributed by atoms with Crippen molar-refractivity contribution < 1.29 is 28.2 Å². The number of aliphatic hydroxyl groups excluding tert-OH is 1. The Morgan fingerprint density at radius 2 is 2.11 bits per heavy atom. The molecule has 0 saturated carbocycles. The lowest BCUT2D eigenvalue weighted by Gasteiger charge is -2.26. The zero-order valence-corrected chi connectivity index (χ0v) is 11.9. The zero-order chi connectivity index (χ0) is 13.6. The second-order valence-corrected chi connectivity index (χ2v) is 6.01. The fraction of sp³-hybridized carbons (Fsp3) is 0.818. The smallest absolute Gasteiger partial charge is 0.343 e. The first kappa shape index (κ1) is 15.7. The zero-order valence-electron chi connectivity index (χ0n) is 11.0. The molecule has 0 saturated heterocycles. The summed E-state index contributed by atoms with van der Waals surface area (Å²) in [5.74, 6) is 0.412. The van der Waals surface area contributed by atoms with Gasteiger partial charge in [0.15, 0.2) is 0 Å². The molecule has 1 aliphatic heterocycles. The molecule has 1 N–H and O–H groups in total. The van der Waals surface area contributed by atoms with Crippen LogP contribution in [0.15, 0.2) is 11.8 Å². The normalized spacial score (nSPS) is 21.6. The predicted molar refractivity (Wildman–Crippen MR) is 66.6 cm³/mol. The second-order valence-electron chi connectivity index (χ2n) is 3.79. The number of hydrogen-bond donors (Lipinski definition) is 1. The van der Waals surface area contributed by atoms with E-state index in [1.54, 1.807) is 13.8 Å². The van der Waals surface area contributed by atoms with Gasteiger partial charge in [-0.3, -0.25) is 4.57 Å².